The number of hydrogen-bond donors (Lipinski definition) is 1. The van der Waals surface area contributed by atoms with Crippen LogP contribution in [0.5, 0.6) is 0 Å². The molecule has 0 saturated heterocycles. The van der Waals surface area contributed by atoms with Crippen molar-refractivity contribution in [3.05, 3.63) is 12.2 Å². The second-order valence-corrected chi connectivity index (χ2v) is 3.65. The zero-order valence-corrected chi connectivity index (χ0v) is 7.85. The van der Waals surface area contributed by atoms with Gasteiger partial charge in [-0.25, -0.2) is 0 Å². The smallest absolute Gasteiger partial charge is 0.147 e. The molecule has 0 aromatic carbocycles. The van der Waals surface area contributed by atoms with Crippen LogP contribution >= 0.6 is 0 Å². The van der Waals surface area contributed by atoms with Crippen molar-refractivity contribution in [1.82, 2.24) is 19.7 Å². The first kappa shape index (κ1) is 8.65. The predicted molar refractivity (Wildman–Crippen MR) is 48.9 cm³/mol. The van der Waals surface area contributed by atoms with Crippen LogP contribution in [0, 0.1) is 0 Å². The maximum Gasteiger partial charge on any atom is 0.147 e. The van der Waals surface area contributed by atoms with Gasteiger partial charge in [0.05, 0.1) is 6.54 Å². The first-order valence-electron chi connectivity index (χ1n) is 4.60. The van der Waals surface area contributed by atoms with Crippen molar-refractivity contribution in [2.45, 2.75) is 26.1 Å². The Morgan fingerprint density at radius 1 is 1.62 bits per heavy atom. The number of nitrogens with two attached hydrogens (primary N) is 1. The highest BCUT2D eigenvalue weighted by Gasteiger charge is 2.17. The third-order valence-corrected chi connectivity index (χ3v) is 2.26. The molecule has 1 aromatic heterocycles. The molecule has 0 bridgehead atoms. The fourth-order valence-corrected chi connectivity index (χ4v) is 1.68. The fourth-order valence-electron chi connectivity index (χ4n) is 1.68. The molecule has 1 aliphatic heterocycles. The van der Waals surface area contributed by atoms with Crippen molar-refractivity contribution in [3.63, 3.8) is 0 Å². The van der Waals surface area contributed by atoms with Crippen molar-refractivity contribution in [2.24, 2.45) is 5.73 Å². The third-order valence-electron chi connectivity index (χ3n) is 2.26. The molecule has 0 amide bonds. The van der Waals surface area contributed by atoms with Gasteiger partial charge in [-0.2, -0.15) is 0 Å². The first-order valence-corrected chi connectivity index (χ1v) is 4.60. The molecule has 72 valence electrons. The lowest BCUT2D eigenvalue weighted by Gasteiger charge is -2.27. The second-order valence-electron chi connectivity index (χ2n) is 3.65. The summed E-state index contributed by atoms with van der Waals surface area (Å²) in [5, 5.41) is 7.92. The van der Waals surface area contributed by atoms with Gasteiger partial charge >= 0.3 is 0 Å². The molecule has 0 saturated carbocycles. The van der Waals surface area contributed by atoms with E-state index in [0.717, 1.165) is 32.0 Å². The Labute approximate surface area is 77.5 Å². The third kappa shape index (κ3) is 1.87. The molecular formula is C8H15N5. The van der Waals surface area contributed by atoms with Crippen LogP contribution in [0.1, 0.15) is 12.7 Å². The van der Waals surface area contributed by atoms with E-state index in [9.17, 15) is 0 Å². The van der Waals surface area contributed by atoms with Crippen LogP contribution in [0.4, 0.5) is 0 Å². The van der Waals surface area contributed by atoms with E-state index in [1.807, 2.05) is 6.92 Å². The van der Waals surface area contributed by atoms with Gasteiger partial charge in [-0.3, -0.25) is 4.90 Å². The molecule has 0 fully saturated rings. The molecule has 2 rings (SSSR count). The van der Waals surface area contributed by atoms with Crippen molar-refractivity contribution in [2.75, 3.05) is 13.1 Å². The van der Waals surface area contributed by atoms with Crippen LogP contribution in [0.2, 0.25) is 0 Å². The second kappa shape index (κ2) is 3.43. The molecule has 13 heavy (non-hydrogen) atoms. The standard InChI is InChI=1S/C8H15N5/c1-7(9)4-12-2-3-13-6-10-11-8(13)5-12/h6-7H,2-5,9H2,1H3. The average molecular weight is 181 g/mol. The minimum absolute atomic E-state index is 0.231. The summed E-state index contributed by atoms with van der Waals surface area (Å²) < 4.78 is 2.09. The topological polar surface area (TPSA) is 60.0 Å². The van der Waals surface area contributed by atoms with Gasteiger partial charge in [0.2, 0.25) is 0 Å². The van der Waals surface area contributed by atoms with E-state index in [1.165, 1.54) is 0 Å². The molecular weight excluding hydrogens is 166 g/mol. The minimum Gasteiger partial charge on any atom is -0.327 e. The van der Waals surface area contributed by atoms with Gasteiger partial charge in [0.15, 0.2) is 0 Å². The van der Waals surface area contributed by atoms with Gasteiger partial charge in [0.1, 0.15) is 12.2 Å². The predicted octanol–water partition coefficient (Wildman–Crippen LogP) is -0.559. The Morgan fingerprint density at radius 3 is 3.23 bits per heavy atom. The minimum atomic E-state index is 0.231. The summed E-state index contributed by atoms with van der Waals surface area (Å²) >= 11 is 0. The Bertz CT molecular complexity index is 280. The molecule has 1 aliphatic rings. The molecule has 0 spiro atoms. The van der Waals surface area contributed by atoms with Crippen molar-refractivity contribution >= 4 is 0 Å². The highest BCUT2D eigenvalue weighted by molar-refractivity contribution is 4.90. The van der Waals surface area contributed by atoms with Crippen LogP contribution < -0.4 is 5.73 Å². The van der Waals surface area contributed by atoms with Gasteiger partial charge in [-0.1, -0.05) is 0 Å². The van der Waals surface area contributed by atoms with Gasteiger partial charge in [0.25, 0.3) is 0 Å². The SMILES string of the molecule is CC(N)CN1CCn2cnnc2C1. The first-order chi connectivity index (χ1) is 6.25. The molecule has 1 unspecified atom stereocenters. The maximum atomic E-state index is 5.73. The molecule has 5 nitrogen and oxygen atoms in total. The summed E-state index contributed by atoms with van der Waals surface area (Å²) in [7, 11) is 0. The fraction of sp³-hybridized carbons (Fsp3) is 0.750. The van der Waals surface area contributed by atoms with Crippen LogP contribution in [0.25, 0.3) is 0 Å². The summed E-state index contributed by atoms with van der Waals surface area (Å²) in [6.07, 6.45) is 1.79. The number of fused-ring (bicyclic) bond motifs is 1. The maximum absolute atomic E-state index is 5.73. The zero-order chi connectivity index (χ0) is 9.26. The molecule has 0 radical (unpaired) electrons. The lowest BCUT2D eigenvalue weighted by molar-refractivity contribution is 0.208. The highest BCUT2D eigenvalue weighted by atomic mass is 15.3. The van der Waals surface area contributed by atoms with Gasteiger partial charge < -0.3 is 10.3 Å². The van der Waals surface area contributed by atoms with Crippen LogP contribution in [0.15, 0.2) is 6.33 Å². The average Bonchev–Trinajstić information content (AvgIpc) is 2.49. The molecule has 1 aromatic rings. The number of nitrogens with zero attached hydrogens (tertiary/aromatic N) is 4. The van der Waals surface area contributed by atoms with E-state index in [1.54, 1.807) is 6.33 Å². The summed E-state index contributed by atoms with van der Waals surface area (Å²) in [6, 6.07) is 0.231. The Hall–Kier alpha value is -0.940. The largest absolute Gasteiger partial charge is 0.327 e. The normalized spacial score (nSPS) is 19.8. The number of rotatable bonds is 2. The van der Waals surface area contributed by atoms with E-state index in [2.05, 4.69) is 19.7 Å². The Morgan fingerprint density at radius 2 is 2.46 bits per heavy atom. The lowest BCUT2D eigenvalue weighted by Crippen LogP contribution is -2.40. The van der Waals surface area contributed by atoms with Crippen molar-refractivity contribution in [3.8, 4) is 0 Å². The van der Waals surface area contributed by atoms with Gasteiger partial charge in [0, 0.05) is 25.7 Å². The van der Waals surface area contributed by atoms with Gasteiger partial charge in [-0.15, -0.1) is 10.2 Å². The Balaban J connectivity index is 2.00. The monoisotopic (exact) mass is 181 g/mol. The summed E-state index contributed by atoms with van der Waals surface area (Å²) in [5.74, 6) is 1.05. The summed E-state index contributed by atoms with van der Waals surface area (Å²) in [4.78, 5) is 2.31. The number of hydrogen-bond acceptors (Lipinski definition) is 4. The van der Waals surface area contributed by atoms with Crippen molar-refractivity contribution in [1.29, 1.82) is 0 Å². The molecule has 1 atom stereocenters. The quantitative estimate of drug-likeness (QED) is 0.664. The van der Waals surface area contributed by atoms with E-state index in [0.29, 0.717) is 0 Å². The molecule has 2 N–H and O–H groups in total. The molecule has 2 heterocycles. The summed E-state index contributed by atoms with van der Waals surface area (Å²) in [6.45, 7) is 5.87. The van der Waals surface area contributed by atoms with Crippen molar-refractivity contribution < 1.29 is 0 Å². The zero-order valence-electron chi connectivity index (χ0n) is 7.85. The molecule has 5 heteroatoms. The van der Waals surface area contributed by atoms with Crippen LogP contribution in [0.3, 0.4) is 0 Å². The van der Waals surface area contributed by atoms with E-state index in [4.69, 9.17) is 5.73 Å². The van der Waals surface area contributed by atoms with E-state index >= 15 is 0 Å². The van der Waals surface area contributed by atoms with E-state index in [-0.39, 0.29) is 6.04 Å². The summed E-state index contributed by atoms with van der Waals surface area (Å²) in [5.41, 5.74) is 5.73. The molecule has 0 aliphatic carbocycles. The number of aromatic nitrogens is 3. The van der Waals surface area contributed by atoms with Crippen LogP contribution in [-0.4, -0.2) is 38.8 Å². The van der Waals surface area contributed by atoms with E-state index < -0.39 is 0 Å². The van der Waals surface area contributed by atoms with Gasteiger partial charge in [-0.05, 0) is 6.92 Å². The van der Waals surface area contributed by atoms with Crippen LogP contribution in [-0.2, 0) is 13.1 Å². The highest BCUT2D eigenvalue weighted by Crippen LogP contribution is 2.08. The lowest BCUT2D eigenvalue weighted by atomic mass is 10.3. The Kier molecular flexibility index (Phi) is 2.28.